The van der Waals surface area contributed by atoms with Crippen LogP contribution in [-0.2, 0) is 32.6 Å². The number of anilines is 1. The van der Waals surface area contributed by atoms with Crippen LogP contribution in [0.5, 0.6) is 0 Å². The molecule has 9 heteroatoms. The summed E-state index contributed by atoms with van der Waals surface area (Å²) in [6.45, 7) is 2.34. The third-order valence-corrected chi connectivity index (χ3v) is 9.59. The van der Waals surface area contributed by atoms with Crippen molar-refractivity contribution >= 4 is 43.5 Å². The van der Waals surface area contributed by atoms with Gasteiger partial charge in [0.25, 0.3) is 0 Å². The Morgan fingerprint density at radius 3 is 2.30 bits per heavy atom. The molecule has 0 bridgehead atoms. The molecular formula is C34H42BrN3O4S. The van der Waals surface area contributed by atoms with Crippen LogP contribution in [0.25, 0.3) is 0 Å². The molecule has 0 radical (unpaired) electrons. The van der Waals surface area contributed by atoms with Crippen molar-refractivity contribution in [1.29, 1.82) is 0 Å². The highest BCUT2D eigenvalue weighted by atomic mass is 79.9. The van der Waals surface area contributed by atoms with Crippen LogP contribution in [0, 0.1) is 6.92 Å². The molecule has 0 unspecified atom stereocenters. The zero-order valence-electron chi connectivity index (χ0n) is 25.0. The molecule has 4 rings (SSSR count). The Balaban J connectivity index is 1.59. The minimum Gasteiger partial charge on any atom is -0.352 e. The lowest BCUT2D eigenvalue weighted by molar-refractivity contribution is -0.141. The highest BCUT2D eigenvalue weighted by Gasteiger charge is 2.32. The van der Waals surface area contributed by atoms with E-state index in [0.717, 1.165) is 46.8 Å². The lowest BCUT2D eigenvalue weighted by Gasteiger charge is -2.34. The molecule has 1 aliphatic rings. The Morgan fingerprint density at radius 1 is 0.930 bits per heavy atom. The van der Waals surface area contributed by atoms with Crippen molar-refractivity contribution in [2.45, 2.75) is 76.9 Å². The molecule has 3 aromatic carbocycles. The molecule has 1 aliphatic carbocycles. The smallest absolute Gasteiger partial charge is 0.243 e. The number of hydrogen-bond donors (Lipinski definition) is 1. The van der Waals surface area contributed by atoms with Gasteiger partial charge in [0.2, 0.25) is 21.8 Å². The van der Waals surface area contributed by atoms with Crippen LogP contribution in [0.2, 0.25) is 0 Å². The second kappa shape index (κ2) is 15.5. The number of halogens is 1. The average Bonchev–Trinajstić information content (AvgIpc) is 2.97. The fourth-order valence-corrected chi connectivity index (χ4v) is 7.12. The molecule has 1 atom stereocenters. The fourth-order valence-electron chi connectivity index (χ4n) is 5.72. The molecule has 3 aromatic rings. The Bertz CT molecular complexity index is 1480. The lowest BCUT2D eigenvalue weighted by atomic mass is 9.94. The minimum atomic E-state index is -3.55. The van der Waals surface area contributed by atoms with Gasteiger partial charge in [-0.1, -0.05) is 89.8 Å². The number of hydrogen-bond acceptors (Lipinski definition) is 4. The van der Waals surface area contributed by atoms with E-state index in [0.29, 0.717) is 18.5 Å². The Kier molecular flexibility index (Phi) is 11.8. The molecule has 230 valence electrons. The van der Waals surface area contributed by atoms with Crippen LogP contribution < -0.4 is 9.62 Å². The van der Waals surface area contributed by atoms with E-state index in [-0.39, 0.29) is 37.4 Å². The Hall–Kier alpha value is -3.17. The molecule has 0 aromatic heterocycles. The van der Waals surface area contributed by atoms with E-state index in [1.54, 1.807) is 11.0 Å². The van der Waals surface area contributed by atoms with Gasteiger partial charge in [-0.15, -0.1) is 0 Å². The van der Waals surface area contributed by atoms with Gasteiger partial charge < -0.3 is 10.2 Å². The van der Waals surface area contributed by atoms with Gasteiger partial charge in [0.05, 0.1) is 11.9 Å². The van der Waals surface area contributed by atoms with Crippen molar-refractivity contribution < 1.29 is 18.0 Å². The number of carbonyl (C=O) groups excluding carboxylic acids is 2. The summed E-state index contributed by atoms with van der Waals surface area (Å²) in [5.41, 5.74) is 3.41. The van der Waals surface area contributed by atoms with E-state index in [1.165, 1.54) is 17.0 Å². The van der Waals surface area contributed by atoms with E-state index < -0.39 is 16.1 Å². The molecular weight excluding hydrogens is 626 g/mol. The number of carbonyl (C=O) groups is 2. The first-order valence-corrected chi connectivity index (χ1v) is 17.7. The zero-order valence-corrected chi connectivity index (χ0v) is 27.4. The molecule has 1 fully saturated rings. The van der Waals surface area contributed by atoms with Crippen molar-refractivity contribution in [2.75, 3.05) is 17.1 Å². The van der Waals surface area contributed by atoms with Gasteiger partial charge in [-0.25, -0.2) is 8.42 Å². The minimum absolute atomic E-state index is 0.105. The highest BCUT2D eigenvalue weighted by molar-refractivity contribution is 9.10. The van der Waals surface area contributed by atoms with Crippen molar-refractivity contribution in [3.63, 3.8) is 0 Å². The molecule has 0 heterocycles. The van der Waals surface area contributed by atoms with Crippen LogP contribution in [0.3, 0.4) is 0 Å². The zero-order chi connectivity index (χ0) is 30.8. The molecule has 0 spiro atoms. The van der Waals surface area contributed by atoms with Gasteiger partial charge in [-0.2, -0.15) is 0 Å². The molecule has 43 heavy (non-hydrogen) atoms. The quantitative estimate of drug-likeness (QED) is 0.229. The monoisotopic (exact) mass is 667 g/mol. The summed E-state index contributed by atoms with van der Waals surface area (Å²) >= 11 is 3.53. The second-order valence-electron chi connectivity index (χ2n) is 11.5. The summed E-state index contributed by atoms with van der Waals surface area (Å²) in [5, 5.41) is 3.26. The summed E-state index contributed by atoms with van der Waals surface area (Å²) in [7, 11) is -3.55. The van der Waals surface area contributed by atoms with E-state index in [9.17, 15) is 18.0 Å². The first kappa shape index (κ1) is 32.7. The van der Waals surface area contributed by atoms with E-state index >= 15 is 0 Å². The highest BCUT2D eigenvalue weighted by Crippen LogP contribution is 2.23. The SMILES string of the molecule is Cc1cccc(N(CCCC(=O)N(Cc2cccc(Br)c2)[C@@H](Cc2ccccc2)C(=O)NC2CCCCC2)S(C)(=O)=O)c1. The molecule has 1 N–H and O–H groups in total. The van der Waals surface area contributed by atoms with Crippen molar-refractivity contribution in [3.05, 3.63) is 100 Å². The van der Waals surface area contributed by atoms with Gasteiger partial charge >= 0.3 is 0 Å². The fraction of sp³-hybridized carbons (Fsp3) is 0.412. The summed E-state index contributed by atoms with van der Waals surface area (Å²) in [6.07, 6.45) is 7.25. The topological polar surface area (TPSA) is 86.8 Å². The summed E-state index contributed by atoms with van der Waals surface area (Å²) in [4.78, 5) is 29.7. The first-order valence-electron chi connectivity index (χ1n) is 15.0. The van der Waals surface area contributed by atoms with Crippen molar-refractivity contribution in [3.8, 4) is 0 Å². The molecule has 1 saturated carbocycles. The third kappa shape index (κ3) is 9.93. The van der Waals surface area contributed by atoms with E-state index in [4.69, 9.17) is 0 Å². The molecule has 7 nitrogen and oxygen atoms in total. The number of nitrogens with one attached hydrogen (secondary N) is 1. The molecule has 2 amide bonds. The van der Waals surface area contributed by atoms with Gasteiger partial charge in [0, 0.05) is 36.4 Å². The number of sulfonamides is 1. The largest absolute Gasteiger partial charge is 0.352 e. The number of aryl methyl sites for hydroxylation is 1. The summed E-state index contributed by atoms with van der Waals surface area (Å²) in [5.74, 6) is -0.325. The van der Waals surface area contributed by atoms with Gasteiger partial charge in [-0.3, -0.25) is 13.9 Å². The number of nitrogens with zero attached hydrogens (tertiary/aromatic N) is 2. The van der Waals surface area contributed by atoms with Gasteiger partial charge in [-0.05, 0) is 67.1 Å². The van der Waals surface area contributed by atoms with E-state index in [1.807, 2.05) is 79.7 Å². The predicted octanol–water partition coefficient (Wildman–Crippen LogP) is 6.39. The normalized spacial score (nSPS) is 14.6. The second-order valence-corrected chi connectivity index (χ2v) is 14.3. The predicted molar refractivity (Wildman–Crippen MR) is 176 cm³/mol. The molecule has 0 saturated heterocycles. The summed E-state index contributed by atoms with van der Waals surface area (Å²) in [6, 6.07) is 24.3. The molecule has 0 aliphatic heterocycles. The van der Waals surface area contributed by atoms with Crippen LogP contribution >= 0.6 is 15.9 Å². The van der Waals surface area contributed by atoms with Gasteiger partial charge in [0.1, 0.15) is 6.04 Å². The number of rotatable bonds is 13. The maximum atomic E-state index is 14.0. The van der Waals surface area contributed by atoms with E-state index in [2.05, 4.69) is 21.2 Å². The maximum Gasteiger partial charge on any atom is 0.243 e. The van der Waals surface area contributed by atoms with Crippen molar-refractivity contribution in [2.24, 2.45) is 0 Å². The van der Waals surface area contributed by atoms with Gasteiger partial charge in [0.15, 0.2) is 0 Å². The van der Waals surface area contributed by atoms with Crippen LogP contribution in [-0.4, -0.2) is 50.0 Å². The average molecular weight is 669 g/mol. The first-order chi connectivity index (χ1) is 20.6. The standard InChI is InChI=1S/C34H42BrN3O4S/c1-26-12-9-19-31(22-26)38(43(2,41)42)21-11-20-33(39)37(25-28-15-10-16-29(35)23-28)32(24-27-13-5-3-6-14-27)34(40)36-30-17-7-4-8-18-30/h3,5-6,9-10,12-16,19,22-23,30,32H,4,7-8,11,17-18,20-21,24-25H2,1-2H3,(H,36,40)/t32-/m0/s1. The Labute approximate surface area is 264 Å². The van der Waals surface area contributed by atoms with Crippen molar-refractivity contribution in [1.82, 2.24) is 10.2 Å². The van der Waals surface area contributed by atoms with Crippen LogP contribution in [0.15, 0.2) is 83.3 Å². The van der Waals surface area contributed by atoms with Crippen LogP contribution in [0.4, 0.5) is 5.69 Å². The number of benzene rings is 3. The van der Waals surface area contributed by atoms with Crippen LogP contribution in [0.1, 0.15) is 61.6 Å². The lowest BCUT2D eigenvalue weighted by Crippen LogP contribution is -2.52. The Morgan fingerprint density at radius 2 is 1.63 bits per heavy atom. The third-order valence-electron chi connectivity index (χ3n) is 7.91. The maximum absolute atomic E-state index is 14.0. The number of amides is 2. The summed E-state index contributed by atoms with van der Waals surface area (Å²) < 4.78 is 27.6.